The highest BCUT2D eigenvalue weighted by Crippen LogP contribution is 2.23. The van der Waals surface area contributed by atoms with Crippen LogP contribution >= 0.6 is 12.2 Å². The van der Waals surface area contributed by atoms with Gasteiger partial charge in [0.1, 0.15) is 5.82 Å². The second-order valence-corrected chi connectivity index (χ2v) is 8.42. The maximum atomic E-state index is 12.9. The summed E-state index contributed by atoms with van der Waals surface area (Å²) in [7, 11) is -3.46. The molecule has 1 aliphatic rings. The van der Waals surface area contributed by atoms with E-state index in [-0.39, 0.29) is 10.7 Å². The Bertz CT molecular complexity index is 880. The molecule has 0 amide bonds. The third-order valence-corrected chi connectivity index (χ3v) is 6.30. The predicted octanol–water partition coefficient (Wildman–Crippen LogP) is 3.10. The highest BCUT2D eigenvalue weighted by Gasteiger charge is 2.27. The van der Waals surface area contributed by atoms with E-state index in [4.69, 9.17) is 12.2 Å². The topological polar surface area (TPSA) is 61.4 Å². The lowest BCUT2D eigenvalue weighted by Gasteiger charge is -2.16. The van der Waals surface area contributed by atoms with Gasteiger partial charge in [-0.3, -0.25) is 0 Å². The Balaban J connectivity index is 1.62. The molecule has 0 bridgehead atoms. The molecule has 1 fully saturated rings. The summed E-state index contributed by atoms with van der Waals surface area (Å²) in [5.41, 5.74) is 1.49. The van der Waals surface area contributed by atoms with Crippen molar-refractivity contribution in [3.63, 3.8) is 0 Å². The lowest BCUT2D eigenvalue weighted by Crippen LogP contribution is -2.29. The van der Waals surface area contributed by atoms with Crippen molar-refractivity contribution in [1.29, 1.82) is 0 Å². The van der Waals surface area contributed by atoms with E-state index in [0.717, 1.165) is 18.4 Å². The van der Waals surface area contributed by atoms with Crippen molar-refractivity contribution < 1.29 is 12.8 Å². The van der Waals surface area contributed by atoms with Crippen molar-refractivity contribution in [3.8, 4) is 0 Å². The largest absolute Gasteiger partial charge is 0.358 e. The van der Waals surface area contributed by atoms with E-state index in [9.17, 15) is 12.8 Å². The van der Waals surface area contributed by atoms with Gasteiger partial charge in [-0.25, -0.2) is 12.8 Å². The summed E-state index contributed by atoms with van der Waals surface area (Å²) >= 11 is 5.25. The van der Waals surface area contributed by atoms with Crippen molar-refractivity contribution in [1.82, 2.24) is 9.62 Å². The van der Waals surface area contributed by atoms with Crippen LogP contribution in [0, 0.1) is 5.82 Å². The number of anilines is 1. The third kappa shape index (κ3) is 4.57. The van der Waals surface area contributed by atoms with Crippen LogP contribution in [-0.2, 0) is 16.6 Å². The zero-order valence-corrected chi connectivity index (χ0v) is 15.7. The molecule has 1 saturated heterocycles. The average Bonchev–Trinajstić information content (AvgIpc) is 3.17. The number of hydrogen-bond donors (Lipinski definition) is 2. The molecule has 5 nitrogen and oxygen atoms in total. The second kappa shape index (κ2) is 8.11. The van der Waals surface area contributed by atoms with Gasteiger partial charge in [0.15, 0.2) is 5.11 Å². The first kappa shape index (κ1) is 18.8. The lowest BCUT2D eigenvalue weighted by molar-refractivity contribution is 0.477. The number of nitrogens with zero attached hydrogens (tertiary/aromatic N) is 1. The minimum absolute atomic E-state index is 0.255. The molecule has 2 N–H and O–H groups in total. The number of sulfonamides is 1. The molecule has 0 aliphatic carbocycles. The Morgan fingerprint density at radius 2 is 1.81 bits per heavy atom. The van der Waals surface area contributed by atoms with Crippen LogP contribution in [0.1, 0.15) is 18.4 Å². The van der Waals surface area contributed by atoms with Gasteiger partial charge in [-0.15, -0.1) is 0 Å². The summed E-state index contributed by atoms with van der Waals surface area (Å²) in [6, 6.07) is 12.7. The predicted molar refractivity (Wildman–Crippen MR) is 104 cm³/mol. The minimum Gasteiger partial charge on any atom is -0.358 e. The van der Waals surface area contributed by atoms with Gasteiger partial charge in [-0.2, -0.15) is 4.31 Å². The monoisotopic (exact) mass is 393 g/mol. The molecule has 138 valence electrons. The highest BCUT2D eigenvalue weighted by atomic mass is 32.2. The van der Waals surface area contributed by atoms with Gasteiger partial charge in [0, 0.05) is 25.3 Å². The minimum atomic E-state index is -3.46. The number of hydrogen-bond acceptors (Lipinski definition) is 3. The zero-order valence-electron chi connectivity index (χ0n) is 14.1. The maximum absolute atomic E-state index is 12.9. The molecule has 26 heavy (non-hydrogen) atoms. The molecular weight excluding hydrogens is 373 g/mol. The molecule has 1 aliphatic heterocycles. The van der Waals surface area contributed by atoms with E-state index in [1.807, 2.05) is 0 Å². The van der Waals surface area contributed by atoms with Crippen molar-refractivity contribution in [2.75, 3.05) is 18.4 Å². The summed E-state index contributed by atoms with van der Waals surface area (Å²) in [4.78, 5) is 0.255. The summed E-state index contributed by atoms with van der Waals surface area (Å²) in [6.07, 6.45) is 1.79. The molecule has 3 rings (SSSR count). The van der Waals surface area contributed by atoms with E-state index < -0.39 is 10.0 Å². The van der Waals surface area contributed by atoms with Gasteiger partial charge in [-0.05, 0) is 61.0 Å². The van der Waals surface area contributed by atoms with Crippen molar-refractivity contribution in [3.05, 3.63) is 59.9 Å². The number of nitrogens with one attached hydrogen (secondary N) is 2. The van der Waals surface area contributed by atoms with Gasteiger partial charge < -0.3 is 10.6 Å². The first-order chi connectivity index (χ1) is 12.4. The lowest BCUT2D eigenvalue weighted by atomic mass is 10.2. The van der Waals surface area contributed by atoms with Crippen molar-refractivity contribution >= 4 is 33.0 Å². The van der Waals surface area contributed by atoms with Crippen LogP contribution in [-0.4, -0.2) is 30.9 Å². The van der Waals surface area contributed by atoms with E-state index in [1.165, 1.54) is 16.4 Å². The molecule has 0 unspecified atom stereocenters. The van der Waals surface area contributed by atoms with Crippen LogP contribution in [0.4, 0.5) is 10.1 Å². The molecule has 0 atom stereocenters. The van der Waals surface area contributed by atoms with Crippen LogP contribution in [0.15, 0.2) is 53.4 Å². The first-order valence-electron chi connectivity index (χ1n) is 8.35. The summed E-state index contributed by atoms with van der Waals surface area (Å²) in [5.74, 6) is -0.287. The SMILES string of the molecule is O=S(=O)(c1cccc(NC(=S)NCc2ccc(F)cc2)c1)N1CCCC1. The van der Waals surface area contributed by atoms with E-state index >= 15 is 0 Å². The first-order valence-corrected chi connectivity index (χ1v) is 10.2. The van der Waals surface area contributed by atoms with Gasteiger partial charge in [-0.1, -0.05) is 18.2 Å². The molecule has 2 aromatic carbocycles. The van der Waals surface area contributed by atoms with Crippen LogP contribution in [0.5, 0.6) is 0 Å². The standard InChI is InChI=1S/C18H20FN3O2S2/c19-15-8-6-14(7-9-15)13-20-18(25)21-16-4-3-5-17(12-16)26(23,24)22-10-1-2-11-22/h3-9,12H,1-2,10-11,13H2,(H2,20,21,25). The average molecular weight is 394 g/mol. The van der Waals surface area contributed by atoms with Crippen molar-refractivity contribution in [2.45, 2.75) is 24.3 Å². The fraction of sp³-hybridized carbons (Fsp3) is 0.278. The number of rotatable bonds is 5. The molecule has 0 radical (unpaired) electrons. The quantitative estimate of drug-likeness (QED) is 0.765. The molecule has 0 saturated carbocycles. The Hall–Kier alpha value is -2.03. The van der Waals surface area contributed by atoms with Gasteiger partial charge in [0.25, 0.3) is 0 Å². The summed E-state index contributed by atoms with van der Waals surface area (Å²) in [6.45, 7) is 1.58. The third-order valence-electron chi connectivity index (χ3n) is 4.16. The van der Waals surface area contributed by atoms with Crippen LogP contribution in [0.2, 0.25) is 0 Å². The van der Waals surface area contributed by atoms with Crippen LogP contribution in [0.25, 0.3) is 0 Å². The van der Waals surface area contributed by atoms with Crippen molar-refractivity contribution in [2.24, 2.45) is 0 Å². The highest BCUT2D eigenvalue weighted by molar-refractivity contribution is 7.89. The molecule has 8 heteroatoms. The number of halogens is 1. The maximum Gasteiger partial charge on any atom is 0.243 e. The Morgan fingerprint density at radius 3 is 2.50 bits per heavy atom. The van der Waals surface area contributed by atoms with Crippen LogP contribution < -0.4 is 10.6 Å². The zero-order chi connectivity index (χ0) is 18.6. The van der Waals surface area contributed by atoms with Crippen LogP contribution in [0.3, 0.4) is 0 Å². The Kier molecular flexibility index (Phi) is 5.85. The molecule has 0 aromatic heterocycles. The fourth-order valence-electron chi connectivity index (χ4n) is 2.77. The van der Waals surface area contributed by atoms with E-state index in [0.29, 0.717) is 30.4 Å². The normalized spacial score (nSPS) is 15.0. The summed E-state index contributed by atoms with van der Waals surface area (Å²) < 4.78 is 39.7. The molecule has 0 spiro atoms. The number of thiocarbonyl (C=S) groups is 1. The smallest absolute Gasteiger partial charge is 0.243 e. The van der Waals surface area contributed by atoms with Gasteiger partial charge >= 0.3 is 0 Å². The van der Waals surface area contributed by atoms with Gasteiger partial charge in [0.05, 0.1) is 4.90 Å². The second-order valence-electron chi connectivity index (χ2n) is 6.07. The van der Waals surface area contributed by atoms with E-state index in [1.54, 1.807) is 36.4 Å². The number of benzene rings is 2. The fourth-order valence-corrected chi connectivity index (χ4v) is 4.53. The molecular formula is C18H20FN3O2S2. The Morgan fingerprint density at radius 1 is 1.12 bits per heavy atom. The van der Waals surface area contributed by atoms with E-state index in [2.05, 4.69) is 10.6 Å². The van der Waals surface area contributed by atoms with Gasteiger partial charge in [0.2, 0.25) is 10.0 Å². The Labute approximate surface area is 158 Å². The molecule has 2 aromatic rings. The summed E-state index contributed by atoms with van der Waals surface area (Å²) in [5, 5.41) is 6.37. The molecule has 1 heterocycles.